The molecule has 0 fully saturated rings. The Balaban J connectivity index is 3.33. The largest absolute Gasteiger partial charge is 0.477 e. The highest BCUT2D eigenvalue weighted by atomic mass is 35.5. The van der Waals surface area contributed by atoms with Crippen molar-refractivity contribution in [3.8, 4) is 0 Å². The number of carboxylic acid groups (broad SMARTS) is 1. The molecule has 0 amide bonds. The molecule has 0 saturated heterocycles. The molecule has 12 heavy (non-hydrogen) atoms. The lowest BCUT2D eigenvalue weighted by atomic mass is 10.2. The van der Waals surface area contributed by atoms with E-state index >= 15 is 0 Å². The van der Waals surface area contributed by atoms with Crippen LogP contribution in [0.1, 0.15) is 21.7 Å². The Labute approximate surface area is 75.0 Å². The van der Waals surface area contributed by atoms with Gasteiger partial charge in [-0.1, -0.05) is 11.6 Å². The monoisotopic (exact) mass is 185 g/mol. The Hall–Kier alpha value is -1.09. The fourth-order valence-corrected chi connectivity index (χ4v) is 1.09. The second-order valence-corrected chi connectivity index (χ2v) is 2.93. The van der Waals surface area contributed by atoms with Crippen molar-refractivity contribution >= 4 is 17.6 Å². The summed E-state index contributed by atoms with van der Waals surface area (Å²) in [7, 11) is 0. The first-order valence-corrected chi connectivity index (χ1v) is 3.77. The van der Waals surface area contributed by atoms with E-state index in [2.05, 4.69) is 4.98 Å². The van der Waals surface area contributed by atoms with Crippen LogP contribution in [0.3, 0.4) is 0 Å². The Kier molecular flexibility index (Phi) is 2.33. The van der Waals surface area contributed by atoms with Gasteiger partial charge in [0.25, 0.3) is 0 Å². The summed E-state index contributed by atoms with van der Waals surface area (Å²) in [6.45, 7) is 3.34. The zero-order valence-electron chi connectivity index (χ0n) is 6.76. The molecule has 1 N–H and O–H groups in total. The SMILES string of the molecule is Cc1cc(Cl)c(C)nc1C(=O)O. The van der Waals surface area contributed by atoms with Gasteiger partial charge >= 0.3 is 5.97 Å². The average Bonchev–Trinajstić information content (AvgIpc) is 1.96. The fraction of sp³-hybridized carbons (Fsp3) is 0.250. The summed E-state index contributed by atoms with van der Waals surface area (Å²) in [4.78, 5) is 14.4. The van der Waals surface area contributed by atoms with Crippen LogP contribution in [-0.4, -0.2) is 16.1 Å². The second-order valence-electron chi connectivity index (χ2n) is 2.53. The van der Waals surface area contributed by atoms with Gasteiger partial charge in [-0.2, -0.15) is 0 Å². The minimum Gasteiger partial charge on any atom is -0.477 e. The van der Waals surface area contributed by atoms with Crippen LogP contribution in [0.5, 0.6) is 0 Å². The van der Waals surface area contributed by atoms with Gasteiger partial charge in [0, 0.05) is 0 Å². The molecule has 1 heterocycles. The molecule has 1 rings (SSSR count). The predicted octanol–water partition coefficient (Wildman–Crippen LogP) is 2.05. The van der Waals surface area contributed by atoms with Gasteiger partial charge in [0.05, 0.1) is 10.7 Å². The molecule has 0 atom stereocenters. The minimum atomic E-state index is -1.02. The van der Waals surface area contributed by atoms with Gasteiger partial charge in [0.15, 0.2) is 5.69 Å². The maximum Gasteiger partial charge on any atom is 0.354 e. The zero-order valence-corrected chi connectivity index (χ0v) is 7.51. The minimum absolute atomic E-state index is 0.0666. The first-order chi connectivity index (χ1) is 5.52. The Morgan fingerprint density at radius 1 is 1.58 bits per heavy atom. The first-order valence-electron chi connectivity index (χ1n) is 3.39. The summed E-state index contributed by atoms with van der Waals surface area (Å²) in [5.41, 5.74) is 1.19. The second kappa shape index (κ2) is 3.11. The summed E-state index contributed by atoms with van der Waals surface area (Å²) in [5.74, 6) is -1.02. The smallest absolute Gasteiger partial charge is 0.354 e. The van der Waals surface area contributed by atoms with E-state index in [1.54, 1.807) is 19.9 Å². The third-order valence-corrected chi connectivity index (χ3v) is 1.93. The maximum atomic E-state index is 10.6. The van der Waals surface area contributed by atoms with Crippen LogP contribution in [-0.2, 0) is 0 Å². The molecule has 0 aliphatic rings. The number of carbonyl (C=O) groups is 1. The van der Waals surface area contributed by atoms with Crippen molar-refractivity contribution in [2.24, 2.45) is 0 Å². The number of hydrogen-bond donors (Lipinski definition) is 1. The lowest BCUT2D eigenvalue weighted by molar-refractivity contribution is 0.0689. The molecule has 0 aromatic carbocycles. The van der Waals surface area contributed by atoms with Crippen molar-refractivity contribution in [2.45, 2.75) is 13.8 Å². The summed E-state index contributed by atoms with van der Waals surface area (Å²) in [6.07, 6.45) is 0. The van der Waals surface area contributed by atoms with E-state index in [0.29, 0.717) is 16.3 Å². The summed E-state index contributed by atoms with van der Waals surface area (Å²) >= 11 is 5.74. The van der Waals surface area contributed by atoms with Gasteiger partial charge in [-0.15, -0.1) is 0 Å². The normalized spacial score (nSPS) is 9.92. The van der Waals surface area contributed by atoms with Crippen LogP contribution in [0, 0.1) is 13.8 Å². The molecule has 64 valence electrons. The number of pyridine rings is 1. The highest BCUT2D eigenvalue weighted by molar-refractivity contribution is 6.31. The highest BCUT2D eigenvalue weighted by Gasteiger charge is 2.10. The quantitative estimate of drug-likeness (QED) is 0.729. The average molecular weight is 186 g/mol. The number of aromatic carboxylic acids is 1. The molecule has 1 aromatic heterocycles. The molecular weight excluding hydrogens is 178 g/mol. The molecule has 0 radical (unpaired) electrons. The molecule has 0 spiro atoms. The third-order valence-electron chi connectivity index (χ3n) is 1.54. The Bertz CT molecular complexity index is 336. The molecule has 0 aliphatic carbocycles. The van der Waals surface area contributed by atoms with Crippen LogP contribution in [0.2, 0.25) is 5.02 Å². The molecule has 0 bridgehead atoms. The number of rotatable bonds is 1. The molecule has 3 nitrogen and oxygen atoms in total. The number of hydrogen-bond acceptors (Lipinski definition) is 2. The van der Waals surface area contributed by atoms with Gasteiger partial charge < -0.3 is 5.11 Å². The van der Waals surface area contributed by atoms with Gasteiger partial charge in [-0.05, 0) is 25.5 Å². The maximum absolute atomic E-state index is 10.6. The molecular formula is C8H8ClNO2. The van der Waals surface area contributed by atoms with E-state index in [4.69, 9.17) is 16.7 Å². The van der Waals surface area contributed by atoms with Gasteiger partial charge in [-0.25, -0.2) is 9.78 Å². The van der Waals surface area contributed by atoms with Gasteiger partial charge in [0.2, 0.25) is 0 Å². The summed E-state index contributed by atoms with van der Waals surface area (Å²) in [6, 6.07) is 1.60. The molecule has 4 heteroatoms. The number of aryl methyl sites for hydroxylation is 2. The Morgan fingerprint density at radius 3 is 2.67 bits per heavy atom. The van der Waals surface area contributed by atoms with Gasteiger partial charge in [-0.3, -0.25) is 0 Å². The van der Waals surface area contributed by atoms with Crippen LogP contribution >= 0.6 is 11.6 Å². The lowest BCUT2D eigenvalue weighted by Crippen LogP contribution is -2.04. The van der Waals surface area contributed by atoms with Crippen LogP contribution < -0.4 is 0 Å². The van der Waals surface area contributed by atoms with Crippen LogP contribution in [0.25, 0.3) is 0 Å². The summed E-state index contributed by atoms with van der Waals surface area (Å²) in [5, 5.41) is 9.17. The van der Waals surface area contributed by atoms with E-state index in [-0.39, 0.29) is 5.69 Å². The molecule has 1 aromatic rings. The van der Waals surface area contributed by atoms with E-state index < -0.39 is 5.97 Å². The fourth-order valence-electron chi connectivity index (χ4n) is 0.889. The number of carboxylic acids is 1. The topological polar surface area (TPSA) is 50.2 Å². The number of halogens is 1. The number of aromatic nitrogens is 1. The van der Waals surface area contributed by atoms with E-state index in [0.717, 1.165) is 0 Å². The van der Waals surface area contributed by atoms with Crippen LogP contribution in [0.15, 0.2) is 6.07 Å². The Morgan fingerprint density at radius 2 is 2.17 bits per heavy atom. The number of nitrogens with zero attached hydrogens (tertiary/aromatic N) is 1. The lowest BCUT2D eigenvalue weighted by Gasteiger charge is -2.02. The third kappa shape index (κ3) is 1.56. The standard InChI is InChI=1S/C8H8ClNO2/c1-4-3-6(9)5(2)10-7(4)8(11)12/h3H,1-2H3,(H,11,12). The highest BCUT2D eigenvalue weighted by Crippen LogP contribution is 2.16. The molecule has 0 aliphatic heterocycles. The van der Waals surface area contributed by atoms with E-state index in [1.807, 2.05) is 0 Å². The molecule has 0 saturated carbocycles. The first kappa shape index (κ1) is 9.00. The zero-order chi connectivity index (χ0) is 9.30. The van der Waals surface area contributed by atoms with E-state index in [1.165, 1.54) is 0 Å². The van der Waals surface area contributed by atoms with Gasteiger partial charge in [0.1, 0.15) is 0 Å². The van der Waals surface area contributed by atoms with Crippen molar-refractivity contribution in [3.05, 3.63) is 28.0 Å². The molecule has 0 unspecified atom stereocenters. The van der Waals surface area contributed by atoms with Crippen molar-refractivity contribution in [1.82, 2.24) is 4.98 Å². The van der Waals surface area contributed by atoms with E-state index in [9.17, 15) is 4.79 Å². The van der Waals surface area contributed by atoms with Crippen molar-refractivity contribution in [1.29, 1.82) is 0 Å². The van der Waals surface area contributed by atoms with Crippen LogP contribution in [0.4, 0.5) is 0 Å². The van der Waals surface area contributed by atoms with Crippen molar-refractivity contribution in [3.63, 3.8) is 0 Å². The predicted molar refractivity (Wildman–Crippen MR) is 45.7 cm³/mol. The summed E-state index contributed by atoms with van der Waals surface area (Å²) < 4.78 is 0. The van der Waals surface area contributed by atoms with Crippen molar-refractivity contribution in [2.75, 3.05) is 0 Å². The van der Waals surface area contributed by atoms with Crippen molar-refractivity contribution < 1.29 is 9.90 Å².